The van der Waals surface area contributed by atoms with Crippen LogP contribution in [0.3, 0.4) is 0 Å². The van der Waals surface area contributed by atoms with Crippen molar-refractivity contribution in [1.29, 1.82) is 0 Å². The Hall–Kier alpha value is -3.35. The quantitative estimate of drug-likeness (QED) is 0.805. The molecule has 7 heteroatoms. The first-order valence-corrected chi connectivity index (χ1v) is 9.01. The van der Waals surface area contributed by atoms with Gasteiger partial charge in [0.15, 0.2) is 0 Å². The zero-order chi connectivity index (χ0) is 20.3. The van der Waals surface area contributed by atoms with Crippen LogP contribution in [0.15, 0.2) is 42.5 Å². The minimum Gasteiger partial charge on any atom is -0.497 e. The molecule has 2 aromatic carbocycles. The van der Waals surface area contributed by atoms with E-state index in [2.05, 4.69) is 5.32 Å². The zero-order valence-electron chi connectivity index (χ0n) is 16.2. The van der Waals surface area contributed by atoms with Crippen LogP contribution in [-0.4, -0.2) is 49.4 Å². The summed E-state index contributed by atoms with van der Waals surface area (Å²) in [5.41, 5.74) is 3.26. The number of nitrogens with one attached hydrogen (secondary N) is 1. The Morgan fingerprint density at radius 1 is 1.07 bits per heavy atom. The summed E-state index contributed by atoms with van der Waals surface area (Å²) in [6, 6.07) is 12.7. The first-order chi connectivity index (χ1) is 13.4. The Morgan fingerprint density at radius 3 is 2.61 bits per heavy atom. The second-order valence-corrected chi connectivity index (χ2v) is 6.75. The monoisotopic (exact) mass is 381 g/mol. The average molecular weight is 381 g/mol. The van der Waals surface area contributed by atoms with Gasteiger partial charge in [-0.05, 0) is 43.2 Å². The van der Waals surface area contributed by atoms with Gasteiger partial charge in [0.25, 0.3) is 0 Å². The molecule has 0 atom stereocenters. The number of rotatable bonds is 5. The van der Waals surface area contributed by atoms with Crippen molar-refractivity contribution in [3.05, 3.63) is 53.6 Å². The summed E-state index contributed by atoms with van der Waals surface area (Å²) in [4.78, 5) is 40.1. The van der Waals surface area contributed by atoms with Crippen LogP contribution in [0, 0.1) is 13.8 Å². The van der Waals surface area contributed by atoms with Crippen molar-refractivity contribution in [2.45, 2.75) is 13.8 Å². The van der Waals surface area contributed by atoms with Crippen LogP contribution in [0.2, 0.25) is 0 Å². The fourth-order valence-corrected chi connectivity index (χ4v) is 3.08. The molecule has 7 nitrogen and oxygen atoms in total. The lowest BCUT2D eigenvalue weighted by Crippen LogP contribution is -2.56. The topological polar surface area (TPSA) is 79.0 Å². The molecule has 1 heterocycles. The molecule has 1 N–H and O–H groups in total. The predicted octanol–water partition coefficient (Wildman–Crippen LogP) is 2.13. The molecule has 2 aromatic rings. The summed E-state index contributed by atoms with van der Waals surface area (Å²) < 4.78 is 5.17. The van der Waals surface area contributed by atoms with Crippen LogP contribution in [0.5, 0.6) is 5.75 Å². The number of hydrogen-bond donors (Lipinski definition) is 1. The highest BCUT2D eigenvalue weighted by Gasteiger charge is 2.34. The standard InChI is InChI=1S/C21H23N3O4/c1-14-7-8-15(2)18(11-14)22-19(25)13-23-9-10-24(21(27)20(23)26)16-5-4-6-17(12-16)28-3/h4-8,11-12H,9-10,13H2,1-3H3,(H,22,25). The highest BCUT2D eigenvalue weighted by atomic mass is 16.5. The Labute approximate surface area is 163 Å². The first kappa shape index (κ1) is 19.4. The molecular weight excluding hydrogens is 358 g/mol. The Kier molecular flexibility index (Phi) is 5.63. The molecule has 1 saturated heterocycles. The number of hydrogen-bond acceptors (Lipinski definition) is 4. The summed E-state index contributed by atoms with van der Waals surface area (Å²) in [5.74, 6) is -1.07. The Balaban J connectivity index is 1.66. The third-order valence-electron chi connectivity index (χ3n) is 4.68. The van der Waals surface area contributed by atoms with Crippen LogP contribution >= 0.6 is 0 Å². The van der Waals surface area contributed by atoms with E-state index in [1.54, 1.807) is 31.4 Å². The van der Waals surface area contributed by atoms with Crippen molar-refractivity contribution in [1.82, 2.24) is 4.90 Å². The smallest absolute Gasteiger partial charge is 0.316 e. The number of carbonyl (C=O) groups excluding carboxylic acids is 3. The maximum atomic E-state index is 12.5. The molecule has 146 valence electrons. The molecule has 28 heavy (non-hydrogen) atoms. The SMILES string of the molecule is COc1cccc(N2CCN(CC(=O)Nc3cc(C)ccc3C)C(=O)C2=O)c1. The van der Waals surface area contributed by atoms with Gasteiger partial charge in [-0.3, -0.25) is 14.4 Å². The number of methoxy groups -OCH3 is 1. The van der Waals surface area contributed by atoms with Crippen molar-refractivity contribution in [3.8, 4) is 5.75 Å². The van der Waals surface area contributed by atoms with Crippen molar-refractivity contribution in [2.24, 2.45) is 0 Å². The first-order valence-electron chi connectivity index (χ1n) is 9.01. The number of amides is 3. The lowest BCUT2D eigenvalue weighted by atomic mass is 10.1. The Bertz CT molecular complexity index is 926. The Morgan fingerprint density at radius 2 is 1.86 bits per heavy atom. The molecule has 0 bridgehead atoms. The molecule has 0 unspecified atom stereocenters. The minimum absolute atomic E-state index is 0.163. The minimum atomic E-state index is -0.690. The van der Waals surface area contributed by atoms with Crippen LogP contribution in [0.1, 0.15) is 11.1 Å². The fourth-order valence-electron chi connectivity index (χ4n) is 3.08. The van der Waals surface area contributed by atoms with Crippen molar-refractivity contribution >= 4 is 29.1 Å². The molecule has 0 spiro atoms. The van der Waals surface area contributed by atoms with Crippen LogP contribution < -0.4 is 15.0 Å². The van der Waals surface area contributed by atoms with Gasteiger partial charge in [0.05, 0.1) is 7.11 Å². The van der Waals surface area contributed by atoms with Gasteiger partial charge in [-0.25, -0.2) is 0 Å². The molecule has 1 aliphatic rings. The van der Waals surface area contributed by atoms with Crippen LogP contribution in [0.25, 0.3) is 0 Å². The molecule has 3 rings (SSSR count). The summed E-state index contributed by atoms with van der Waals surface area (Å²) >= 11 is 0. The normalized spacial score (nSPS) is 14.2. The van der Waals surface area contributed by atoms with Gasteiger partial charge in [-0.1, -0.05) is 18.2 Å². The number of benzene rings is 2. The predicted molar refractivity (Wildman–Crippen MR) is 106 cm³/mol. The summed E-state index contributed by atoms with van der Waals surface area (Å²) in [6.45, 7) is 4.27. The van der Waals surface area contributed by atoms with E-state index >= 15 is 0 Å². The molecule has 0 radical (unpaired) electrons. The molecule has 3 amide bonds. The molecule has 1 fully saturated rings. The fraction of sp³-hybridized carbons (Fsp3) is 0.286. The molecule has 0 aliphatic carbocycles. The number of carbonyl (C=O) groups is 3. The number of piperazine rings is 1. The van der Waals surface area contributed by atoms with E-state index in [1.165, 1.54) is 9.80 Å². The maximum absolute atomic E-state index is 12.5. The van der Waals surface area contributed by atoms with E-state index in [0.29, 0.717) is 23.7 Å². The van der Waals surface area contributed by atoms with Crippen molar-refractivity contribution < 1.29 is 19.1 Å². The zero-order valence-corrected chi connectivity index (χ0v) is 16.2. The average Bonchev–Trinajstić information content (AvgIpc) is 2.68. The van der Waals surface area contributed by atoms with Gasteiger partial charge in [-0.2, -0.15) is 0 Å². The van der Waals surface area contributed by atoms with E-state index in [1.807, 2.05) is 32.0 Å². The van der Waals surface area contributed by atoms with E-state index < -0.39 is 11.8 Å². The van der Waals surface area contributed by atoms with Crippen molar-refractivity contribution in [2.75, 3.05) is 37.0 Å². The summed E-state index contributed by atoms with van der Waals surface area (Å²) in [5, 5.41) is 2.82. The van der Waals surface area contributed by atoms with E-state index in [-0.39, 0.29) is 19.0 Å². The highest BCUT2D eigenvalue weighted by Crippen LogP contribution is 2.23. The molecule has 0 saturated carbocycles. The largest absolute Gasteiger partial charge is 0.497 e. The van der Waals surface area contributed by atoms with Gasteiger partial charge >= 0.3 is 11.8 Å². The lowest BCUT2D eigenvalue weighted by Gasteiger charge is -2.33. The third kappa shape index (κ3) is 4.14. The van der Waals surface area contributed by atoms with Gasteiger partial charge in [0, 0.05) is 30.5 Å². The molecule has 0 aromatic heterocycles. The molecular formula is C21H23N3O4. The summed E-state index contributed by atoms with van der Waals surface area (Å²) in [6.07, 6.45) is 0. The van der Waals surface area contributed by atoms with Gasteiger partial charge in [0.2, 0.25) is 5.91 Å². The van der Waals surface area contributed by atoms with Crippen LogP contribution in [-0.2, 0) is 14.4 Å². The second kappa shape index (κ2) is 8.12. The third-order valence-corrected chi connectivity index (χ3v) is 4.68. The second-order valence-electron chi connectivity index (χ2n) is 6.75. The van der Waals surface area contributed by atoms with Gasteiger partial charge in [-0.15, -0.1) is 0 Å². The van der Waals surface area contributed by atoms with Crippen LogP contribution in [0.4, 0.5) is 11.4 Å². The summed E-state index contributed by atoms with van der Waals surface area (Å²) in [7, 11) is 1.54. The number of ether oxygens (including phenoxy) is 1. The highest BCUT2D eigenvalue weighted by molar-refractivity contribution is 6.41. The number of anilines is 2. The van der Waals surface area contributed by atoms with E-state index in [9.17, 15) is 14.4 Å². The molecule has 1 aliphatic heterocycles. The maximum Gasteiger partial charge on any atom is 0.316 e. The van der Waals surface area contributed by atoms with Gasteiger partial charge < -0.3 is 19.9 Å². The lowest BCUT2D eigenvalue weighted by molar-refractivity contribution is -0.147. The van der Waals surface area contributed by atoms with Gasteiger partial charge in [0.1, 0.15) is 12.3 Å². The number of nitrogens with zero attached hydrogens (tertiary/aromatic N) is 2. The van der Waals surface area contributed by atoms with E-state index in [4.69, 9.17) is 4.74 Å². The van der Waals surface area contributed by atoms with Crippen molar-refractivity contribution in [3.63, 3.8) is 0 Å². The van der Waals surface area contributed by atoms with E-state index in [0.717, 1.165) is 11.1 Å². The number of aryl methyl sites for hydroxylation is 2.